The highest BCUT2D eigenvalue weighted by Crippen LogP contribution is 2.19. The molecule has 0 aromatic heterocycles. The summed E-state index contributed by atoms with van der Waals surface area (Å²) in [5, 5.41) is 11.4. The van der Waals surface area contributed by atoms with Gasteiger partial charge in [0.15, 0.2) is 0 Å². The number of carboxylic acid groups (broad SMARTS) is 1. The van der Waals surface area contributed by atoms with Crippen molar-refractivity contribution in [3.63, 3.8) is 0 Å². The Hall–Kier alpha value is -1.52. The van der Waals surface area contributed by atoms with Crippen LogP contribution in [0.3, 0.4) is 0 Å². The van der Waals surface area contributed by atoms with Gasteiger partial charge in [-0.05, 0) is 12.8 Å². The topological polar surface area (TPSA) is 75.6 Å². The van der Waals surface area contributed by atoms with Crippen LogP contribution in [0.25, 0.3) is 0 Å². The molecule has 0 aromatic carbocycles. The zero-order valence-electron chi connectivity index (χ0n) is 9.78. The molecule has 16 heavy (non-hydrogen) atoms. The number of aliphatic carboxylic acids is 1. The Kier molecular flexibility index (Phi) is 6.22. The first kappa shape index (κ1) is 14.5. The van der Waals surface area contributed by atoms with E-state index < -0.39 is 17.6 Å². The van der Waals surface area contributed by atoms with E-state index in [4.69, 9.17) is 9.84 Å². The van der Waals surface area contributed by atoms with E-state index in [-0.39, 0.29) is 13.0 Å². The number of carboxylic acids is 1. The van der Waals surface area contributed by atoms with Crippen LogP contribution in [0.5, 0.6) is 0 Å². The van der Waals surface area contributed by atoms with Crippen molar-refractivity contribution in [2.75, 3.05) is 6.61 Å². The van der Waals surface area contributed by atoms with Crippen LogP contribution in [-0.2, 0) is 9.53 Å². The van der Waals surface area contributed by atoms with Crippen molar-refractivity contribution in [3.8, 4) is 0 Å². The maximum atomic E-state index is 11.3. The zero-order valence-corrected chi connectivity index (χ0v) is 9.78. The van der Waals surface area contributed by atoms with Gasteiger partial charge in [-0.3, -0.25) is 4.79 Å². The van der Waals surface area contributed by atoms with Crippen LogP contribution in [0.2, 0.25) is 0 Å². The Morgan fingerprint density at radius 2 is 2.00 bits per heavy atom. The lowest BCUT2D eigenvalue weighted by Gasteiger charge is -2.30. The van der Waals surface area contributed by atoms with Gasteiger partial charge < -0.3 is 15.2 Å². The van der Waals surface area contributed by atoms with Gasteiger partial charge in [0.1, 0.15) is 6.61 Å². The minimum atomic E-state index is -0.937. The van der Waals surface area contributed by atoms with Crippen LogP contribution >= 0.6 is 0 Å². The second kappa shape index (κ2) is 6.87. The SMILES string of the molecule is C=CCOC(=O)NC(CC)(CC)CC(=O)O. The van der Waals surface area contributed by atoms with Gasteiger partial charge in [-0.15, -0.1) is 0 Å². The molecular formula is C11H19NO4. The van der Waals surface area contributed by atoms with Gasteiger partial charge in [-0.2, -0.15) is 0 Å². The van der Waals surface area contributed by atoms with Crippen molar-refractivity contribution < 1.29 is 19.4 Å². The molecule has 0 fully saturated rings. The van der Waals surface area contributed by atoms with Gasteiger partial charge in [0, 0.05) is 0 Å². The zero-order chi connectivity index (χ0) is 12.6. The van der Waals surface area contributed by atoms with Gasteiger partial charge in [0.2, 0.25) is 0 Å². The Morgan fingerprint density at radius 3 is 2.38 bits per heavy atom. The van der Waals surface area contributed by atoms with Crippen LogP contribution in [-0.4, -0.2) is 29.3 Å². The molecule has 0 saturated carbocycles. The van der Waals surface area contributed by atoms with E-state index in [0.29, 0.717) is 12.8 Å². The smallest absolute Gasteiger partial charge is 0.407 e. The molecule has 0 aliphatic heterocycles. The summed E-state index contributed by atoms with van der Waals surface area (Å²) in [5.41, 5.74) is -0.732. The van der Waals surface area contributed by atoms with Crippen LogP contribution in [0.1, 0.15) is 33.1 Å². The molecule has 0 spiro atoms. The summed E-state index contributed by atoms with van der Waals surface area (Å²) in [4.78, 5) is 22.1. The van der Waals surface area contributed by atoms with Crippen molar-refractivity contribution in [3.05, 3.63) is 12.7 Å². The van der Waals surface area contributed by atoms with Crippen LogP contribution in [0.15, 0.2) is 12.7 Å². The highest BCUT2D eigenvalue weighted by Gasteiger charge is 2.31. The second-order valence-corrected chi connectivity index (χ2v) is 3.57. The number of ether oxygens (including phenoxy) is 1. The number of hydrogen-bond acceptors (Lipinski definition) is 3. The van der Waals surface area contributed by atoms with E-state index in [2.05, 4.69) is 11.9 Å². The summed E-state index contributed by atoms with van der Waals surface area (Å²) in [5.74, 6) is -0.937. The molecule has 0 radical (unpaired) electrons. The third-order valence-electron chi connectivity index (χ3n) is 2.54. The van der Waals surface area contributed by atoms with Gasteiger partial charge in [0.25, 0.3) is 0 Å². The van der Waals surface area contributed by atoms with Gasteiger partial charge >= 0.3 is 12.1 Å². The van der Waals surface area contributed by atoms with Crippen molar-refractivity contribution in [1.82, 2.24) is 5.32 Å². The fraction of sp³-hybridized carbons (Fsp3) is 0.636. The van der Waals surface area contributed by atoms with E-state index in [1.807, 2.05) is 13.8 Å². The molecule has 92 valence electrons. The minimum absolute atomic E-state index is 0.108. The Morgan fingerprint density at radius 1 is 1.44 bits per heavy atom. The number of carbonyl (C=O) groups excluding carboxylic acids is 1. The molecule has 0 saturated heterocycles. The molecule has 0 heterocycles. The summed E-state index contributed by atoms with van der Waals surface area (Å²) in [7, 11) is 0. The number of carbonyl (C=O) groups is 2. The molecule has 0 aromatic rings. The van der Waals surface area contributed by atoms with E-state index in [0.717, 1.165) is 0 Å². The Balaban J connectivity index is 4.46. The van der Waals surface area contributed by atoms with Gasteiger partial charge in [-0.25, -0.2) is 4.79 Å². The standard InChI is InChI=1S/C11H19NO4/c1-4-7-16-10(15)12-11(5-2,6-3)8-9(13)14/h4H,1,5-8H2,2-3H3,(H,12,15)(H,13,14). The molecule has 0 rings (SSSR count). The fourth-order valence-electron chi connectivity index (χ4n) is 1.40. The van der Waals surface area contributed by atoms with E-state index >= 15 is 0 Å². The van der Waals surface area contributed by atoms with Crippen molar-refractivity contribution in [2.24, 2.45) is 0 Å². The molecule has 0 aliphatic rings. The summed E-state index contributed by atoms with van der Waals surface area (Å²) in [6.45, 7) is 7.20. The molecule has 0 atom stereocenters. The average molecular weight is 229 g/mol. The first-order valence-corrected chi connectivity index (χ1v) is 5.27. The Labute approximate surface area is 95.5 Å². The first-order valence-electron chi connectivity index (χ1n) is 5.27. The van der Waals surface area contributed by atoms with Crippen LogP contribution in [0, 0.1) is 0 Å². The number of amides is 1. The highest BCUT2D eigenvalue weighted by atomic mass is 16.5. The maximum Gasteiger partial charge on any atom is 0.407 e. The lowest BCUT2D eigenvalue weighted by Crippen LogP contribution is -2.49. The summed E-state index contributed by atoms with van der Waals surface area (Å²) < 4.78 is 4.77. The monoisotopic (exact) mass is 229 g/mol. The fourth-order valence-corrected chi connectivity index (χ4v) is 1.40. The molecule has 0 unspecified atom stereocenters. The first-order chi connectivity index (χ1) is 7.49. The third-order valence-corrected chi connectivity index (χ3v) is 2.54. The normalized spacial score (nSPS) is 10.6. The van der Waals surface area contributed by atoms with Crippen LogP contribution < -0.4 is 5.32 Å². The largest absolute Gasteiger partial charge is 0.481 e. The summed E-state index contributed by atoms with van der Waals surface area (Å²) in [6.07, 6.45) is 1.82. The maximum absolute atomic E-state index is 11.3. The quantitative estimate of drug-likeness (QED) is 0.654. The predicted molar refractivity (Wildman–Crippen MR) is 60.2 cm³/mol. The van der Waals surface area contributed by atoms with Crippen molar-refractivity contribution in [2.45, 2.75) is 38.6 Å². The van der Waals surface area contributed by atoms with E-state index in [9.17, 15) is 9.59 Å². The summed E-state index contributed by atoms with van der Waals surface area (Å²) >= 11 is 0. The third kappa shape index (κ3) is 4.82. The van der Waals surface area contributed by atoms with E-state index in [1.165, 1.54) is 6.08 Å². The number of nitrogens with one attached hydrogen (secondary N) is 1. The molecule has 0 aliphatic carbocycles. The lowest BCUT2D eigenvalue weighted by atomic mass is 9.89. The average Bonchev–Trinajstić information content (AvgIpc) is 2.24. The molecule has 2 N–H and O–H groups in total. The minimum Gasteiger partial charge on any atom is -0.481 e. The molecule has 0 bridgehead atoms. The van der Waals surface area contributed by atoms with Crippen LogP contribution in [0.4, 0.5) is 4.79 Å². The summed E-state index contributed by atoms with van der Waals surface area (Å²) in [6, 6.07) is 0. The molecule has 1 amide bonds. The molecule has 5 heteroatoms. The number of hydrogen-bond donors (Lipinski definition) is 2. The Bertz CT molecular complexity index is 259. The highest BCUT2D eigenvalue weighted by molar-refractivity contribution is 5.72. The molecular weight excluding hydrogens is 210 g/mol. The van der Waals surface area contributed by atoms with Crippen molar-refractivity contribution >= 4 is 12.1 Å². The molecule has 5 nitrogen and oxygen atoms in total. The second-order valence-electron chi connectivity index (χ2n) is 3.57. The lowest BCUT2D eigenvalue weighted by molar-refractivity contribution is -0.138. The van der Waals surface area contributed by atoms with E-state index in [1.54, 1.807) is 0 Å². The van der Waals surface area contributed by atoms with Gasteiger partial charge in [0.05, 0.1) is 12.0 Å². The van der Waals surface area contributed by atoms with Gasteiger partial charge in [-0.1, -0.05) is 26.5 Å². The number of rotatable bonds is 7. The predicted octanol–water partition coefficient (Wildman–Crippen LogP) is 1.93. The number of alkyl carbamates (subject to hydrolysis) is 1. The van der Waals surface area contributed by atoms with Crippen molar-refractivity contribution in [1.29, 1.82) is 0 Å².